The average Bonchev–Trinajstić information content (AvgIpc) is 3.13. The molecule has 0 aliphatic heterocycles. The van der Waals surface area contributed by atoms with Crippen molar-refractivity contribution in [3.8, 4) is 0 Å². The second kappa shape index (κ2) is 6.03. The number of hydrogen-bond acceptors (Lipinski definition) is 5. The van der Waals surface area contributed by atoms with Crippen molar-refractivity contribution in [2.24, 2.45) is 0 Å². The van der Waals surface area contributed by atoms with E-state index in [1.54, 1.807) is 20.1 Å². The Labute approximate surface area is 127 Å². The van der Waals surface area contributed by atoms with Gasteiger partial charge in [0.05, 0.1) is 6.54 Å². The van der Waals surface area contributed by atoms with Crippen molar-refractivity contribution < 1.29 is 18.5 Å². The lowest BCUT2D eigenvalue weighted by atomic mass is 10.2. The first-order valence-corrected chi connectivity index (χ1v) is 6.90. The minimum absolute atomic E-state index is 0.247. The fourth-order valence-electron chi connectivity index (χ4n) is 2.21. The van der Waals surface area contributed by atoms with Crippen molar-refractivity contribution in [3.05, 3.63) is 53.6 Å². The van der Waals surface area contributed by atoms with E-state index in [4.69, 9.17) is 13.7 Å². The second-order valence-electron chi connectivity index (χ2n) is 4.94. The molecule has 3 aromatic rings. The monoisotopic (exact) mass is 300 g/mol. The highest BCUT2D eigenvalue weighted by Gasteiger charge is 2.18. The van der Waals surface area contributed by atoms with Crippen LogP contribution < -0.4 is 5.32 Å². The molecular formula is C16H16N2O4. The second-order valence-corrected chi connectivity index (χ2v) is 4.94. The molecule has 6 heteroatoms. The number of rotatable bonds is 5. The molecule has 0 aliphatic carbocycles. The molecule has 1 atom stereocenters. The van der Waals surface area contributed by atoms with Gasteiger partial charge in [-0.15, -0.1) is 0 Å². The molecule has 22 heavy (non-hydrogen) atoms. The van der Waals surface area contributed by atoms with Crippen LogP contribution in [0.15, 0.2) is 45.3 Å². The van der Waals surface area contributed by atoms with E-state index in [1.165, 1.54) is 0 Å². The number of hydrogen-bond donors (Lipinski definition) is 1. The first kappa shape index (κ1) is 14.3. The highest BCUT2D eigenvalue weighted by Crippen LogP contribution is 2.25. The summed E-state index contributed by atoms with van der Waals surface area (Å²) < 4.78 is 16.0. The van der Waals surface area contributed by atoms with Crippen molar-refractivity contribution >= 4 is 16.9 Å². The number of para-hydroxylation sites is 1. The van der Waals surface area contributed by atoms with Crippen molar-refractivity contribution in [2.75, 3.05) is 13.7 Å². The molecule has 2 heterocycles. The van der Waals surface area contributed by atoms with E-state index >= 15 is 0 Å². The maximum absolute atomic E-state index is 12.0. The largest absolute Gasteiger partial charge is 0.458 e. The third-order valence-electron chi connectivity index (χ3n) is 3.36. The number of amides is 1. The summed E-state index contributed by atoms with van der Waals surface area (Å²) >= 11 is 0. The Bertz CT molecular complexity index is 757. The smallest absolute Gasteiger partial charge is 0.273 e. The van der Waals surface area contributed by atoms with E-state index in [2.05, 4.69) is 10.5 Å². The molecule has 0 saturated heterocycles. The van der Waals surface area contributed by atoms with Gasteiger partial charge in [0, 0.05) is 18.6 Å². The number of benzene rings is 1. The molecule has 1 amide bonds. The number of carbonyl (C=O) groups is 1. The highest BCUT2D eigenvalue weighted by molar-refractivity contribution is 5.92. The summed E-state index contributed by atoms with van der Waals surface area (Å²) in [6, 6.07) is 11.2. The third kappa shape index (κ3) is 2.87. The van der Waals surface area contributed by atoms with Crippen LogP contribution in [0, 0.1) is 6.92 Å². The van der Waals surface area contributed by atoms with Gasteiger partial charge in [-0.1, -0.05) is 23.4 Å². The zero-order chi connectivity index (χ0) is 15.5. The van der Waals surface area contributed by atoms with Crippen LogP contribution in [0.2, 0.25) is 0 Å². The third-order valence-corrected chi connectivity index (χ3v) is 3.36. The lowest BCUT2D eigenvalue weighted by Gasteiger charge is -2.12. The Morgan fingerprint density at radius 1 is 1.36 bits per heavy atom. The first-order chi connectivity index (χ1) is 10.7. The number of methoxy groups -OCH3 is 1. The maximum Gasteiger partial charge on any atom is 0.273 e. The normalized spacial score (nSPS) is 12.5. The maximum atomic E-state index is 12.0. The topological polar surface area (TPSA) is 77.5 Å². The quantitative estimate of drug-likeness (QED) is 0.784. The number of carbonyl (C=O) groups excluding carboxylic acids is 1. The van der Waals surface area contributed by atoms with Crippen LogP contribution in [0.1, 0.15) is 28.1 Å². The van der Waals surface area contributed by atoms with Crippen molar-refractivity contribution in [1.29, 1.82) is 0 Å². The Morgan fingerprint density at radius 3 is 2.86 bits per heavy atom. The van der Waals surface area contributed by atoms with Gasteiger partial charge in [0.15, 0.2) is 5.69 Å². The molecule has 2 aromatic heterocycles. The summed E-state index contributed by atoms with van der Waals surface area (Å²) in [7, 11) is 1.57. The Morgan fingerprint density at radius 2 is 2.18 bits per heavy atom. The van der Waals surface area contributed by atoms with Gasteiger partial charge in [-0.2, -0.15) is 0 Å². The van der Waals surface area contributed by atoms with Gasteiger partial charge in [-0.25, -0.2) is 0 Å². The van der Waals surface area contributed by atoms with Crippen molar-refractivity contribution in [1.82, 2.24) is 10.5 Å². The van der Waals surface area contributed by atoms with E-state index in [-0.39, 0.29) is 24.2 Å². The molecule has 0 saturated carbocycles. The van der Waals surface area contributed by atoms with Gasteiger partial charge in [0.2, 0.25) is 0 Å². The van der Waals surface area contributed by atoms with E-state index in [1.807, 2.05) is 30.3 Å². The standard InChI is InChI=1S/C16H16N2O4/c1-10-7-12(18-22-10)16(19)17-9-15(20-2)14-8-11-5-3-4-6-13(11)21-14/h3-8,15H,9H2,1-2H3,(H,17,19). The minimum Gasteiger partial charge on any atom is -0.458 e. The van der Waals surface area contributed by atoms with Crippen LogP contribution in [0.4, 0.5) is 0 Å². The van der Waals surface area contributed by atoms with E-state index in [9.17, 15) is 4.79 Å². The summed E-state index contributed by atoms with van der Waals surface area (Å²) in [5.41, 5.74) is 1.04. The molecule has 0 spiro atoms. The average molecular weight is 300 g/mol. The van der Waals surface area contributed by atoms with Crippen LogP contribution >= 0.6 is 0 Å². The summed E-state index contributed by atoms with van der Waals surface area (Å²) in [4.78, 5) is 12.0. The molecule has 3 rings (SSSR count). The first-order valence-electron chi connectivity index (χ1n) is 6.90. The lowest BCUT2D eigenvalue weighted by Crippen LogP contribution is -2.29. The Hall–Kier alpha value is -2.60. The summed E-state index contributed by atoms with van der Waals surface area (Å²) in [6.07, 6.45) is -0.371. The molecule has 1 unspecified atom stereocenters. The molecule has 1 N–H and O–H groups in total. The fraction of sp³-hybridized carbons (Fsp3) is 0.250. The van der Waals surface area contributed by atoms with Gasteiger partial charge < -0.3 is 19.0 Å². The van der Waals surface area contributed by atoms with Gasteiger partial charge in [0.1, 0.15) is 23.2 Å². The highest BCUT2D eigenvalue weighted by atomic mass is 16.5. The molecule has 114 valence electrons. The molecule has 6 nitrogen and oxygen atoms in total. The summed E-state index contributed by atoms with van der Waals surface area (Å²) in [5.74, 6) is 0.945. The van der Waals surface area contributed by atoms with Gasteiger partial charge in [0.25, 0.3) is 5.91 Å². The van der Waals surface area contributed by atoms with Crippen LogP contribution in [0.5, 0.6) is 0 Å². The van der Waals surface area contributed by atoms with Crippen LogP contribution in [-0.4, -0.2) is 24.7 Å². The zero-order valence-electron chi connectivity index (χ0n) is 12.3. The fourth-order valence-corrected chi connectivity index (χ4v) is 2.21. The SMILES string of the molecule is COC(CNC(=O)c1cc(C)on1)c1cc2ccccc2o1. The van der Waals surface area contributed by atoms with Crippen LogP contribution in [0.25, 0.3) is 11.0 Å². The molecular weight excluding hydrogens is 284 g/mol. The summed E-state index contributed by atoms with van der Waals surface area (Å²) in [6.45, 7) is 2.01. The van der Waals surface area contributed by atoms with Crippen molar-refractivity contribution in [3.63, 3.8) is 0 Å². The number of nitrogens with zero attached hydrogens (tertiary/aromatic N) is 1. The number of aryl methyl sites for hydroxylation is 1. The minimum atomic E-state index is -0.371. The van der Waals surface area contributed by atoms with E-state index in [0.29, 0.717) is 11.5 Å². The van der Waals surface area contributed by atoms with E-state index in [0.717, 1.165) is 11.0 Å². The summed E-state index contributed by atoms with van der Waals surface area (Å²) in [5, 5.41) is 7.43. The molecule has 0 fully saturated rings. The lowest BCUT2D eigenvalue weighted by molar-refractivity contribution is 0.0742. The Kier molecular flexibility index (Phi) is 3.93. The van der Waals surface area contributed by atoms with Crippen molar-refractivity contribution in [2.45, 2.75) is 13.0 Å². The van der Waals surface area contributed by atoms with Crippen LogP contribution in [-0.2, 0) is 4.74 Å². The van der Waals surface area contributed by atoms with Gasteiger partial charge in [-0.3, -0.25) is 4.79 Å². The van der Waals surface area contributed by atoms with Gasteiger partial charge in [-0.05, 0) is 19.1 Å². The molecule has 0 radical (unpaired) electrons. The Balaban J connectivity index is 1.70. The molecule has 0 bridgehead atoms. The number of nitrogens with one attached hydrogen (secondary N) is 1. The van der Waals surface area contributed by atoms with Gasteiger partial charge >= 0.3 is 0 Å². The van der Waals surface area contributed by atoms with E-state index < -0.39 is 0 Å². The predicted octanol–water partition coefficient (Wildman–Crippen LogP) is 2.85. The molecule has 1 aromatic carbocycles. The van der Waals surface area contributed by atoms with Crippen LogP contribution in [0.3, 0.4) is 0 Å². The number of fused-ring (bicyclic) bond motifs is 1. The predicted molar refractivity (Wildman–Crippen MR) is 79.5 cm³/mol. The number of ether oxygens (including phenoxy) is 1. The number of furan rings is 1. The zero-order valence-corrected chi connectivity index (χ0v) is 12.3. The number of aromatic nitrogens is 1. The molecule has 0 aliphatic rings.